The van der Waals surface area contributed by atoms with E-state index in [1.165, 1.54) is 0 Å². The van der Waals surface area contributed by atoms with E-state index in [1.807, 2.05) is 30.3 Å². The second kappa shape index (κ2) is 6.39. The summed E-state index contributed by atoms with van der Waals surface area (Å²) in [6, 6.07) is 0. The van der Waals surface area contributed by atoms with Crippen LogP contribution in [0.25, 0.3) is 0 Å². The van der Waals surface area contributed by atoms with Gasteiger partial charge in [0.15, 0.2) is 0 Å². The Kier molecular flexibility index (Phi) is 5.69. The average Bonchev–Trinajstić information content (AvgIpc) is 2.40. The molecule has 68 valence electrons. The Hall–Kier alpha value is -1.32. The summed E-state index contributed by atoms with van der Waals surface area (Å²) in [6.45, 7) is 1.80. The number of H-pyrrole nitrogens is 1. The minimum Gasteiger partial charge on any atom is -0.550 e. The molecular weight excluding hydrogens is 156 g/mol. The molecule has 4 heteroatoms. The average molecular weight is 170 g/mol. The zero-order valence-electron chi connectivity index (χ0n) is 7.41. The predicted octanol–water partition coefficient (Wildman–Crippen LogP) is -0.624. The summed E-state index contributed by atoms with van der Waals surface area (Å²) in [6.07, 6.45) is 6.54. The molecule has 0 aliphatic rings. The second-order valence-electron chi connectivity index (χ2n) is 2.40. The van der Waals surface area contributed by atoms with Crippen molar-refractivity contribution in [3.8, 4) is 0 Å². The van der Waals surface area contributed by atoms with Crippen LogP contribution in [-0.4, -0.2) is 11.0 Å². The first-order valence-electron chi connectivity index (χ1n) is 3.84. The fourth-order valence-corrected chi connectivity index (χ4v) is 0.568. The number of carboxylic acid groups (broad SMARTS) is 1. The number of carbonyl (C=O) groups excluding carboxylic acids is 1. The number of carbonyl (C=O) groups is 1. The number of rotatable bonds is 2. The van der Waals surface area contributed by atoms with Crippen LogP contribution in [0.15, 0.2) is 18.7 Å². The van der Waals surface area contributed by atoms with Crippen molar-refractivity contribution in [1.82, 2.24) is 4.98 Å². The van der Waals surface area contributed by atoms with Gasteiger partial charge in [0.05, 0.1) is 7.05 Å². The maximum absolute atomic E-state index is 9.49. The maximum atomic E-state index is 9.49. The second-order valence-corrected chi connectivity index (χ2v) is 2.40. The Balaban J connectivity index is 0.000000202. The largest absolute Gasteiger partial charge is 0.550 e. The molecule has 4 nitrogen and oxygen atoms in total. The topological polar surface area (TPSA) is 59.8 Å². The van der Waals surface area contributed by atoms with Gasteiger partial charge in [-0.3, -0.25) is 4.98 Å². The van der Waals surface area contributed by atoms with Crippen molar-refractivity contribution in [3.63, 3.8) is 0 Å². The first kappa shape index (κ1) is 10.7. The number of aromatic nitrogens is 2. The van der Waals surface area contributed by atoms with E-state index in [0.29, 0.717) is 6.42 Å². The molecule has 0 aliphatic carbocycles. The van der Waals surface area contributed by atoms with Crippen molar-refractivity contribution < 1.29 is 14.5 Å². The molecule has 0 radical (unpaired) electrons. The van der Waals surface area contributed by atoms with E-state index in [-0.39, 0.29) is 6.42 Å². The number of aryl methyl sites for hydroxylation is 1. The predicted molar refractivity (Wildman–Crippen MR) is 41.9 cm³/mol. The highest BCUT2D eigenvalue weighted by Crippen LogP contribution is 1.79. The van der Waals surface area contributed by atoms with Gasteiger partial charge in [-0.05, 0) is 6.42 Å². The van der Waals surface area contributed by atoms with Gasteiger partial charge in [0.25, 0.3) is 0 Å². The molecule has 0 aromatic carbocycles. The van der Waals surface area contributed by atoms with Gasteiger partial charge in [0.1, 0.15) is 12.4 Å². The van der Waals surface area contributed by atoms with Crippen molar-refractivity contribution in [1.29, 1.82) is 0 Å². The SMILES string of the molecule is CCCC(=O)[O-].C[n+]1cc[nH]c1. The normalized spacial score (nSPS) is 8.50. The van der Waals surface area contributed by atoms with Gasteiger partial charge in [-0.2, -0.15) is 0 Å². The van der Waals surface area contributed by atoms with Crippen molar-refractivity contribution in [2.24, 2.45) is 7.05 Å². The number of imidazole rings is 1. The van der Waals surface area contributed by atoms with Gasteiger partial charge in [0, 0.05) is 5.97 Å². The Morgan fingerprint density at radius 2 is 2.33 bits per heavy atom. The summed E-state index contributed by atoms with van der Waals surface area (Å²) in [5.74, 6) is -0.961. The number of hydrogen-bond acceptors (Lipinski definition) is 2. The van der Waals surface area contributed by atoms with E-state index in [0.717, 1.165) is 0 Å². The van der Waals surface area contributed by atoms with Crippen LogP contribution in [-0.2, 0) is 11.8 Å². The van der Waals surface area contributed by atoms with Crippen LogP contribution in [0.2, 0.25) is 0 Å². The van der Waals surface area contributed by atoms with E-state index in [4.69, 9.17) is 0 Å². The summed E-state index contributed by atoms with van der Waals surface area (Å²) in [4.78, 5) is 12.4. The zero-order valence-corrected chi connectivity index (χ0v) is 7.41. The van der Waals surface area contributed by atoms with Crippen LogP contribution >= 0.6 is 0 Å². The van der Waals surface area contributed by atoms with Crippen molar-refractivity contribution in [2.75, 3.05) is 0 Å². The molecule has 1 N–H and O–H groups in total. The molecule has 1 heterocycles. The molecule has 0 saturated carbocycles. The minimum absolute atomic E-state index is 0.181. The summed E-state index contributed by atoms with van der Waals surface area (Å²) in [5.41, 5.74) is 0. The van der Waals surface area contributed by atoms with Crippen molar-refractivity contribution >= 4 is 5.97 Å². The lowest BCUT2D eigenvalue weighted by molar-refractivity contribution is -0.670. The molecule has 0 saturated heterocycles. The minimum atomic E-state index is -0.961. The number of carboxylic acids is 1. The third-order valence-corrected chi connectivity index (χ3v) is 1.14. The van der Waals surface area contributed by atoms with E-state index < -0.39 is 5.97 Å². The number of nitrogens with zero attached hydrogens (tertiary/aromatic N) is 1. The summed E-state index contributed by atoms with van der Waals surface area (Å²) in [7, 11) is 1.97. The molecule has 12 heavy (non-hydrogen) atoms. The number of hydrogen-bond donors (Lipinski definition) is 1. The van der Waals surface area contributed by atoms with E-state index in [1.54, 1.807) is 6.92 Å². The Morgan fingerprint density at radius 3 is 2.42 bits per heavy atom. The lowest BCUT2D eigenvalue weighted by Gasteiger charge is -1.92. The van der Waals surface area contributed by atoms with E-state index in [9.17, 15) is 9.90 Å². The number of aromatic amines is 1. The smallest absolute Gasteiger partial charge is 0.241 e. The van der Waals surface area contributed by atoms with Gasteiger partial charge in [-0.15, -0.1) is 0 Å². The maximum Gasteiger partial charge on any atom is 0.241 e. The Morgan fingerprint density at radius 1 is 1.67 bits per heavy atom. The molecule has 0 amide bonds. The molecule has 0 bridgehead atoms. The molecule has 0 atom stereocenters. The standard InChI is InChI=1S/C4H6N2.C4H8O2/c1-6-3-2-5-4-6;1-2-3-4(5)6/h2-4H,1H3;2-3H2,1H3,(H,5,6). The molecule has 0 aliphatic heterocycles. The van der Waals surface area contributed by atoms with Gasteiger partial charge in [-0.1, -0.05) is 13.3 Å². The molecule has 0 fully saturated rings. The fourth-order valence-electron chi connectivity index (χ4n) is 0.568. The van der Waals surface area contributed by atoms with Gasteiger partial charge in [0.2, 0.25) is 6.33 Å². The number of nitrogens with one attached hydrogen (secondary N) is 1. The summed E-state index contributed by atoms with van der Waals surface area (Å²) >= 11 is 0. The van der Waals surface area contributed by atoms with Crippen LogP contribution in [0.1, 0.15) is 19.8 Å². The van der Waals surface area contributed by atoms with Crippen LogP contribution in [0.5, 0.6) is 0 Å². The van der Waals surface area contributed by atoms with E-state index in [2.05, 4.69) is 4.98 Å². The molecular formula is C8H14N2O2. The molecule has 0 unspecified atom stereocenters. The van der Waals surface area contributed by atoms with Crippen LogP contribution in [0, 0.1) is 0 Å². The molecule has 1 aromatic rings. The lowest BCUT2D eigenvalue weighted by Crippen LogP contribution is -2.22. The van der Waals surface area contributed by atoms with Crippen molar-refractivity contribution in [3.05, 3.63) is 18.7 Å². The highest BCUT2D eigenvalue weighted by Gasteiger charge is 1.78. The first-order chi connectivity index (χ1) is 5.66. The van der Waals surface area contributed by atoms with Crippen LogP contribution < -0.4 is 9.67 Å². The van der Waals surface area contributed by atoms with Gasteiger partial charge in [-0.25, -0.2) is 4.57 Å². The van der Waals surface area contributed by atoms with Crippen LogP contribution in [0.4, 0.5) is 0 Å². The fraction of sp³-hybridized carbons (Fsp3) is 0.500. The lowest BCUT2D eigenvalue weighted by atomic mass is 10.4. The molecule has 0 spiro atoms. The molecule has 1 aromatic heterocycles. The highest BCUT2D eigenvalue weighted by molar-refractivity contribution is 5.63. The van der Waals surface area contributed by atoms with Crippen molar-refractivity contribution in [2.45, 2.75) is 19.8 Å². The summed E-state index contributed by atoms with van der Waals surface area (Å²) < 4.78 is 1.94. The Labute approximate surface area is 71.9 Å². The van der Waals surface area contributed by atoms with Crippen LogP contribution in [0.3, 0.4) is 0 Å². The number of aliphatic carboxylic acids is 1. The highest BCUT2D eigenvalue weighted by atomic mass is 16.4. The third-order valence-electron chi connectivity index (χ3n) is 1.14. The Bertz CT molecular complexity index is 207. The zero-order chi connectivity index (χ0) is 9.40. The first-order valence-corrected chi connectivity index (χ1v) is 3.84. The molecule has 1 rings (SSSR count). The quantitative estimate of drug-likeness (QED) is 0.601. The summed E-state index contributed by atoms with van der Waals surface area (Å²) in [5, 5.41) is 9.49. The van der Waals surface area contributed by atoms with Gasteiger partial charge < -0.3 is 9.90 Å². The van der Waals surface area contributed by atoms with Gasteiger partial charge >= 0.3 is 0 Å². The monoisotopic (exact) mass is 170 g/mol. The van der Waals surface area contributed by atoms with E-state index >= 15 is 0 Å². The third kappa shape index (κ3) is 6.80.